The fourth-order valence-electron chi connectivity index (χ4n) is 2.42. The Morgan fingerprint density at radius 3 is 2.71 bits per heavy atom. The van der Waals surface area contributed by atoms with Gasteiger partial charge in [0.15, 0.2) is 5.76 Å². The van der Waals surface area contributed by atoms with Gasteiger partial charge in [0.05, 0.1) is 6.26 Å². The first kappa shape index (κ1) is 13.8. The molecule has 1 saturated heterocycles. The number of furan rings is 1. The topological polar surface area (TPSA) is 75.6 Å². The molecule has 0 bridgehead atoms. The van der Waals surface area contributed by atoms with Gasteiger partial charge >= 0.3 is 0 Å². The van der Waals surface area contributed by atoms with Crippen molar-refractivity contribution in [2.24, 2.45) is 0 Å². The molecule has 0 saturated carbocycles. The second-order valence-corrected chi connectivity index (χ2v) is 5.08. The summed E-state index contributed by atoms with van der Waals surface area (Å²) in [7, 11) is 0. The van der Waals surface area contributed by atoms with Crippen molar-refractivity contribution in [2.45, 2.75) is 13.3 Å². The van der Waals surface area contributed by atoms with E-state index in [1.165, 1.54) is 6.26 Å². The van der Waals surface area contributed by atoms with Crippen LogP contribution in [0.4, 0.5) is 0 Å². The van der Waals surface area contributed by atoms with Gasteiger partial charge in [0, 0.05) is 46.1 Å². The third-order valence-electron chi connectivity index (χ3n) is 3.60. The predicted octanol–water partition coefficient (Wildman–Crippen LogP) is 0.972. The van der Waals surface area contributed by atoms with E-state index in [0.717, 1.165) is 26.1 Å². The van der Waals surface area contributed by atoms with Gasteiger partial charge in [-0.25, -0.2) is 0 Å². The molecule has 2 aromatic rings. The van der Waals surface area contributed by atoms with Crippen molar-refractivity contribution in [2.75, 3.05) is 32.7 Å². The molecule has 0 aromatic carbocycles. The Bertz CT molecular complexity index is 585. The SMILES string of the molecule is Cc1nnc(CCN2CCN(C(=O)c3ccco3)CC2)o1. The maximum atomic E-state index is 12.1. The van der Waals surface area contributed by atoms with Gasteiger partial charge in [-0.2, -0.15) is 0 Å². The maximum absolute atomic E-state index is 12.1. The minimum atomic E-state index is -0.0350. The Hall–Kier alpha value is -2.15. The average molecular weight is 290 g/mol. The van der Waals surface area contributed by atoms with Crippen LogP contribution in [0.25, 0.3) is 0 Å². The van der Waals surface area contributed by atoms with E-state index in [1.54, 1.807) is 19.1 Å². The van der Waals surface area contributed by atoms with Crippen molar-refractivity contribution < 1.29 is 13.6 Å². The molecule has 1 aliphatic rings. The Morgan fingerprint density at radius 1 is 1.29 bits per heavy atom. The van der Waals surface area contributed by atoms with E-state index in [9.17, 15) is 4.79 Å². The molecule has 3 heterocycles. The molecular formula is C14H18N4O3. The molecule has 2 aromatic heterocycles. The van der Waals surface area contributed by atoms with Crippen LogP contribution >= 0.6 is 0 Å². The summed E-state index contributed by atoms with van der Waals surface area (Å²) in [6.07, 6.45) is 2.27. The number of aryl methyl sites for hydroxylation is 1. The Balaban J connectivity index is 1.45. The number of hydrogen-bond acceptors (Lipinski definition) is 6. The highest BCUT2D eigenvalue weighted by molar-refractivity contribution is 5.91. The molecule has 7 heteroatoms. The zero-order chi connectivity index (χ0) is 14.7. The Kier molecular flexibility index (Phi) is 4.01. The molecule has 0 unspecified atom stereocenters. The van der Waals surface area contributed by atoms with E-state index in [-0.39, 0.29) is 5.91 Å². The molecule has 0 aliphatic carbocycles. The van der Waals surface area contributed by atoms with Gasteiger partial charge in [-0.05, 0) is 12.1 Å². The van der Waals surface area contributed by atoms with Crippen LogP contribution in [0.2, 0.25) is 0 Å². The van der Waals surface area contributed by atoms with Crippen molar-refractivity contribution in [3.63, 3.8) is 0 Å². The van der Waals surface area contributed by atoms with Crippen molar-refractivity contribution in [3.8, 4) is 0 Å². The van der Waals surface area contributed by atoms with Gasteiger partial charge in [-0.15, -0.1) is 10.2 Å². The van der Waals surface area contributed by atoms with E-state index in [4.69, 9.17) is 8.83 Å². The van der Waals surface area contributed by atoms with Gasteiger partial charge in [0.1, 0.15) is 0 Å². The summed E-state index contributed by atoms with van der Waals surface area (Å²) in [6.45, 7) is 5.77. The molecular weight excluding hydrogens is 272 g/mol. The molecule has 1 fully saturated rings. The first-order valence-electron chi connectivity index (χ1n) is 7.06. The number of amides is 1. The zero-order valence-electron chi connectivity index (χ0n) is 12.0. The van der Waals surface area contributed by atoms with Crippen LogP contribution in [-0.4, -0.2) is 58.6 Å². The molecule has 0 spiro atoms. The number of hydrogen-bond donors (Lipinski definition) is 0. The molecule has 0 N–H and O–H groups in total. The van der Waals surface area contributed by atoms with Crippen LogP contribution in [0.3, 0.4) is 0 Å². The highest BCUT2D eigenvalue weighted by Gasteiger charge is 2.23. The molecule has 3 rings (SSSR count). The van der Waals surface area contributed by atoms with Crippen molar-refractivity contribution in [1.82, 2.24) is 20.0 Å². The average Bonchev–Trinajstić information content (AvgIpc) is 3.16. The lowest BCUT2D eigenvalue weighted by Crippen LogP contribution is -2.49. The molecule has 112 valence electrons. The second-order valence-electron chi connectivity index (χ2n) is 5.08. The largest absolute Gasteiger partial charge is 0.459 e. The first-order chi connectivity index (χ1) is 10.2. The van der Waals surface area contributed by atoms with E-state index in [0.29, 0.717) is 30.6 Å². The number of aromatic nitrogens is 2. The van der Waals surface area contributed by atoms with Crippen LogP contribution < -0.4 is 0 Å². The molecule has 21 heavy (non-hydrogen) atoms. The molecule has 7 nitrogen and oxygen atoms in total. The van der Waals surface area contributed by atoms with Gasteiger partial charge in [0.2, 0.25) is 11.8 Å². The van der Waals surface area contributed by atoms with Crippen LogP contribution in [0, 0.1) is 6.92 Å². The third kappa shape index (κ3) is 3.30. The van der Waals surface area contributed by atoms with Crippen LogP contribution in [0.1, 0.15) is 22.3 Å². The molecule has 0 atom stereocenters. The van der Waals surface area contributed by atoms with Crippen molar-refractivity contribution >= 4 is 5.91 Å². The van der Waals surface area contributed by atoms with Gasteiger partial charge in [-0.3, -0.25) is 9.69 Å². The summed E-state index contributed by atoms with van der Waals surface area (Å²) in [5.74, 6) is 1.64. The van der Waals surface area contributed by atoms with Crippen LogP contribution in [0.15, 0.2) is 27.2 Å². The monoisotopic (exact) mass is 290 g/mol. The standard InChI is InChI=1S/C14H18N4O3/c1-11-15-16-13(21-11)4-5-17-6-8-18(9-7-17)14(19)12-3-2-10-20-12/h2-3,10H,4-9H2,1H3. The number of nitrogens with zero attached hydrogens (tertiary/aromatic N) is 4. The van der Waals surface area contributed by atoms with Crippen molar-refractivity contribution in [3.05, 3.63) is 35.9 Å². The quantitative estimate of drug-likeness (QED) is 0.835. The molecule has 1 amide bonds. The Labute approximate surface area is 122 Å². The lowest BCUT2D eigenvalue weighted by atomic mass is 10.2. The van der Waals surface area contributed by atoms with E-state index >= 15 is 0 Å². The Morgan fingerprint density at radius 2 is 2.10 bits per heavy atom. The number of carbonyl (C=O) groups is 1. The summed E-state index contributed by atoms with van der Waals surface area (Å²) in [6, 6.07) is 3.43. The lowest BCUT2D eigenvalue weighted by Gasteiger charge is -2.34. The first-order valence-corrected chi connectivity index (χ1v) is 7.06. The van der Waals surface area contributed by atoms with Crippen LogP contribution in [-0.2, 0) is 6.42 Å². The highest BCUT2D eigenvalue weighted by Crippen LogP contribution is 2.10. The summed E-state index contributed by atoms with van der Waals surface area (Å²) >= 11 is 0. The summed E-state index contributed by atoms with van der Waals surface area (Å²) in [4.78, 5) is 16.3. The number of piperazine rings is 1. The van der Waals surface area contributed by atoms with E-state index < -0.39 is 0 Å². The maximum Gasteiger partial charge on any atom is 0.289 e. The zero-order valence-corrected chi connectivity index (χ0v) is 12.0. The molecule has 0 radical (unpaired) electrons. The lowest BCUT2D eigenvalue weighted by molar-refractivity contribution is 0.0605. The summed E-state index contributed by atoms with van der Waals surface area (Å²) in [5.41, 5.74) is 0. The van der Waals surface area contributed by atoms with Crippen LogP contribution in [0.5, 0.6) is 0 Å². The second kappa shape index (κ2) is 6.09. The normalized spacial score (nSPS) is 16.3. The predicted molar refractivity (Wildman–Crippen MR) is 73.8 cm³/mol. The van der Waals surface area contributed by atoms with Crippen molar-refractivity contribution in [1.29, 1.82) is 0 Å². The minimum Gasteiger partial charge on any atom is -0.459 e. The van der Waals surface area contributed by atoms with Gasteiger partial charge < -0.3 is 13.7 Å². The third-order valence-corrected chi connectivity index (χ3v) is 3.60. The van der Waals surface area contributed by atoms with Gasteiger partial charge in [-0.1, -0.05) is 0 Å². The number of carbonyl (C=O) groups excluding carboxylic acids is 1. The molecule has 1 aliphatic heterocycles. The summed E-state index contributed by atoms with van der Waals surface area (Å²) in [5, 5.41) is 7.80. The van der Waals surface area contributed by atoms with E-state index in [2.05, 4.69) is 15.1 Å². The fraction of sp³-hybridized carbons (Fsp3) is 0.500. The highest BCUT2D eigenvalue weighted by atomic mass is 16.4. The van der Waals surface area contributed by atoms with E-state index in [1.807, 2.05) is 4.90 Å². The summed E-state index contributed by atoms with van der Waals surface area (Å²) < 4.78 is 10.5. The minimum absolute atomic E-state index is 0.0350. The number of rotatable bonds is 4. The van der Waals surface area contributed by atoms with Gasteiger partial charge in [0.25, 0.3) is 5.91 Å². The smallest absolute Gasteiger partial charge is 0.289 e. The fourth-order valence-corrected chi connectivity index (χ4v) is 2.42.